The smallest absolute Gasteiger partial charge is 0.112 e. The topological polar surface area (TPSA) is 29.9 Å². The highest BCUT2D eigenvalue weighted by Crippen LogP contribution is 2.28. The number of hydrogen-bond acceptors (Lipinski definition) is 2. The van der Waals surface area contributed by atoms with Crippen LogP contribution >= 0.6 is 15.9 Å². The number of nitrogens with zero attached hydrogens (tertiary/aromatic N) is 2. The monoisotopic (exact) mass is 307 g/mol. The van der Waals surface area contributed by atoms with Crippen LogP contribution in [0.5, 0.6) is 0 Å². The molecule has 1 aromatic carbocycles. The van der Waals surface area contributed by atoms with E-state index < -0.39 is 0 Å². The van der Waals surface area contributed by atoms with Crippen molar-refractivity contribution >= 4 is 15.9 Å². The van der Waals surface area contributed by atoms with Crippen molar-refractivity contribution in [2.45, 2.75) is 13.3 Å². The molecule has 2 rings (SSSR count). The molecular formula is C14H18BrN3. The fraction of sp³-hybridized carbons (Fsp3) is 0.357. The van der Waals surface area contributed by atoms with Crippen LogP contribution in [-0.4, -0.2) is 23.1 Å². The highest BCUT2D eigenvalue weighted by atomic mass is 79.9. The van der Waals surface area contributed by atoms with Crippen molar-refractivity contribution in [3.05, 3.63) is 40.3 Å². The Bertz CT molecular complexity index is 529. The van der Waals surface area contributed by atoms with Gasteiger partial charge in [-0.15, -0.1) is 0 Å². The van der Waals surface area contributed by atoms with Gasteiger partial charge >= 0.3 is 0 Å². The van der Waals surface area contributed by atoms with Crippen LogP contribution in [0.25, 0.3) is 11.3 Å². The van der Waals surface area contributed by atoms with Gasteiger partial charge in [0.05, 0.1) is 0 Å². The van der Waals surface area contributed by atoms with Crippen LogP contribution in [0.3, 0.4) is 0 Å². The van der Waals surface area contributed by atoms with Crippen molar-refractivity contribution in [2.75, 3.05) is 13.6 Å². The summed E-state index contributed by atoms with van der Waals surface area (Å²) >= 11 is 3.63. The number of hydrogen-bond donors (Lipinski definition) is 1. The Balaban J connectivity index is 2.36. The quantitative estimate of drug-likeness (QED) is 0.941. The molecule has 4 heteroatoms. The first-order valence-corrected chi connectivity index (χ1v) is 6.85. The van der Waals surface area contributed by atoms with Crippen molar-refractivity contribution < 1.29 is 0 Å². The molecule has 0 aliphatic carbocycles. The minimum absolute atomic E-state index is 0.928. The molecule has 3 nitrogen and oxygen atoms in total. The highest BCUT2D eigenvalue weighted by molar-refractivity contribution is 9.10. The van der Waals surface area contributed by atoms with E-state index in [4.69, 9.17) is 4.98 Å². The predicted molar refractivity (Wildman–Crippen MR) is 78.7 cm³/mol. The summed E-state index contributed by atoms with van der Waals surface area (Å²) in [6, 6.07) is 8.46. The van der Waals surface area contributed by atoms with E-state index in [9.17, 15) is 0 Å². The average molecular weight is 308 g/mol. The molecule has 2 aromatic rings. The van der Waals surface area contributed by atoms with Crippen LogP contribution in [0.15, 0.2) is 28.9 Å². The van der Waals surface area contributed by atoms with Crippen molar-refractivity contribution in [3.8, 4) is 11.3 Å². The fourth-order valence-corrected chi connectivity index (χ4v) is 2.40. The van der Waals surface area contributed by atoms with Gasteiger partial charge in [-0.3, -0.25) is 0 Å². The number of likely N-dealkylation sites (N-methyl/N-ethyl adjacent to an activating group) is 1. The first-order chi connectivity index (χ1) is 8.63. The molecule has 1 N–H and O–H groups in total. The molecule has 0 atom stereocenters. The van der Waals surface area contributed by atoms with Gasteiger partial charge in [0.1, 0.15) is 16.1 Å². The molecule has 0 saturated heterocycles. The number of aromatic nitrogens is 2. The summed E-state index contributed by atoms with van der Waals surface area (Å²) in [5.74, 6) is 1.09. The lowest BCUT2D eigenvalue weighted by Crippen LogP contribution is -2.13. The van der Waals surface area contributed by atoms with E-state index in [1.165, 1.54) is 5.56 Å². The molecule has 18 heavy (non-hydrogen) atoms. The summed E-state index contributed by atoms with van der Waals surface area (Å²) in [5.41, 5.74) is 3.43. The summed E-state index contributed by atoms with van der Waals surface area (Å²) in [5, 5.41) is 3.15. The summed E-state index contributed by atoms with van der Waals surface area (Å²) in [6.45, 7) is 3.03. The molecule has 0 bridgehead atoms. The lowest BCUT2D eigenvalue weighted by molar-refractivity contribution is 0.713. The lowest BCUT2D eigenvalue weighted by atomic mass is 10.1. The zero-order valence-corrected chi connectivity index (χ0v) is 12.6. The van der Waals surface area contributed by atoms with Gasteiger partial charge in [0.15, 0.2) is 0 Å². The zero-order chi connectivity index (χ0) is 13.1. The zero-order valence-electron chi connectivity index (χ0n) is 11.0. The van der Waals surface area contributed by atoms with E-state index >= 15 is 0 Å². The molecule has 0 fully saturated rings. The summed E-state index contributed by atoms with van der Waals surface area (Å²) in [4.78, 5) is 4.72. The van der Waals surface area contributed by atoms with E-state index in [0.717, 1.165) is 34.7 Å². The number of nitrogens with one attached hydrogen (secondary N) is 1. The maximum absolute atomic E-state index is 4.72. The van der Waals surface area contributed by atoms with Gasteiger partial charge in [0, 0.05) is 25.6 Å². The maximum atomic E-state index is 4.72. The Morgan fingerprint density at radius 2 is 1.94 bits per heavy atom. The number of benzene rings is 1. The molecule has 0 unspecified atom stereocenters. The number of halogens is 1. The van der Waals surface area contributed by atoms with Gasteiger partial charge in [-0.05, 0) is 29.9 Å². The molecular weight excluding hydrogens is 290 g/mol. The average Bonchev–Trinajstić information content (AvgIpc) is 2.65. The highest BCUT2D eigenvalue weighted by Gasteiger charge is 2.13. The minimum Gasteiger partial charge on any atom is -0.325 e. The minimum atomic E-state index is 0.928. The molecule has 0 saturated carbocycles. The van der Waals surface area contributed by atoms with Crippen LogP contribution in [0.4, 0.5) is 0 Å². The van der Waals surface area contributed by atoms with Crippen LogP contribution in [-0.2, 0) is 13.5 Å². The lowest BCUT2D eigenvalue weighted by Gasteiger charge is -2.01. The molecule has 1 heterocycles. The van der Waals surface area contributed by atoms with Gasteiger partial charge in [0.25, 0.3) is 0 Å². The van der Waals surface area contributed by atoms with E-state index in [2.05, 4.69) is 57.0 Å². The van der Waals surface area contributed by atoms with Crippen molar-refractivity contribution in [1.82, 2.24) is 14.9 Å². The fourth-order valence-electron chi connectivity index (χ4n) is 1.88. The Morgan fingerprint density at radius 1 is 1.28 bits per heavy atom. The van der Waals surface area contributed by atoms with E-state index in [1.807, 2.05) is 14.1 Å². The van der Waals surface area contributed by atoms with Gasteiger partial charge in [-0.1, -0.05) is 29.8 Å². The molecule has 0 aliphatic rings. The molecule has 0 amide bonds. The first kappa shape index (κ1) is 13.3. The second kappa shape index (κ2) is 5.67. The van der Waals surface area contributed by atoms with Crippen LogP contribution in [0.1, 0.15) is 11.4 Å². The van der Waals surface area contributed by atoms with E-state index in [0.29, 0.717) is 0 Å². The van der Waals surface area contributed by atoms with Gasteiger partial charge in [-0.25, -0.2) is 4.98 Å². The van der Waals surface area contributed by atoms with Crippen molar-refractivity contribution in [3.63, 3.8) is 0 Å². The number of aryl methyl sites for hydroxylation is 1. The third kappa shape index (κ3) is 2.65. The van der Waals surface area contributed by atoms with Crippen LogP contribution < -0.4 is 5.32 Å². The Hall–Kier alpha value is -1.13. The Morgan fingerprint density at radius 3 is 2.56 bits per heavy atom. The molecule has 1 aromatic heterocycles. The summed E-state index contributed by atoms with van der Waals surface area (Å²) in [6.07, 6.45) is 0.928. The van der Waals surface area contributed by atoms with E-state index in [1.54, 1.807) is 0 Å². The van der Waals surface area contributed by atoms with Crippen molar-refractivity contribution in [1.29, 1.82) is 0 Å². The number of rotatable bonds is 4. The SMILES string of the molecule is CNCCc1nc(-c2ccc(C)cc2)c(Br)n1C. The second-order valence-electron chi connectivity index (χ2n) is 4.45. The largest absolute Gasteiger partial charge is 0.325 e. The first-order valence-electron chi connectivity index (χ1n) is 6.06. The van der Waals surface area contributed by atoms with Crippen molar-refractivity contribution in [2.24, 2.45) is 7.05 Å². The molecule has 0 aliphatic heterocycles. The van der Waals surface area contributed by atoms with Gasteiger partial charge in [-0.2, -0.15) is 0 Å². The van der Waals surface area contributed by atoms with E-state index in [-0.39, 0.29) is 0 Å². The van der Waals surface area contributed by atoms with Crippen LogP contribution in [0, 0.1) is 6.92 Å². The third-order valence-corrected chi connectivity index (χ3v) is 3.95. The summed E-state index contributed by atoms with van der Waals surface area (Å²) < 4.78 is 3.14. The van der Waals surface area contributed by atoms with Gasteiger partial charge in [0.2, 0.25) is 0 Å². The summed E-state index contributed by atoms with van der Waals surface area (Å²) in [7, 11) is 4.00. The Kier molecular flexibility index (Phi) is 4.19. The maximum Gasteiger partial charge on any atom is 0.112 e. The van der Waals surface area contributed by atoms with Gasteiger partial charge < -0.3 is 9.88 Å². The molecule has 0 radical (unpaired) electrons. The predicted octanol–water partition coefficient (Wildman–Crippen LogP) is 2.92. The normalized spacial score (nSPS) is 10.9. The molecule has 96 valence electrons. The standard InChI is InChI=1S/C14H18BrN3/c1-10-4-6-11(7-5-10)13-14(15)18(3)12(17-13)8-9-16-2/h4-7,16H,8-9H2,1-3H3. The molecule has 0 spiro atoms. The number of imidazole rings is 1. The second-order valence-corrected chi connectivity index (χ2v) is 5.20. The third-order valence-electron chi connectivity index (χ3n) is 3.04. The van der Waals surface area contributed by atoms with Crippen LogP contribution in [0.2, 0.25) is 0 Å². The Labute approximate surface area is 116 Å².